The van der Waals surface area contributed by atoms with E-state index >= 15 is 0 Å². The fourth-order valence-corrected chi connectivity index (χ4v) is 1.78. The van der Waals surface area contributed by atoms with Crippen molar-refractivity contribution in [1.82, 2.24) is 4.98 Å². The number of alkyl halides is 1. The summed E-state index contributed by atoms with van der Waals surface area (Å²) in [5, 5.41) is 1.98. The molecule has 2 aromatic rings. The van der Waals surface area contributed by atoms with Gasteiger partial charge in [0.2, 0.25) is 5.91 Å². The minimum absolute atomic E-state index is 0.277. The van der Waals surface area contributed by atoms with E-state index in [-0.39, 0.29) is 5.91 Å². The van der Waals surface area contributed by atoms with Crippen molar-refractivity contribution in [3.8, 4) is 0 Å². The molecule has 18 heavy (non-hydrogen) atoms. The number of nitrogens with zero attached hydrogens (tertiary/aromatic N) is 1. The van der Waals surface area contributed by atoms with Crippen molar-refractivity contribution < 1.29 is 4.79 Å². The highest BCUT2D eigenvalue weighted by atomic mass is 35.5. The SMILES string of the molecule is Cc1cccc(NC(=O)C(Cl)c2ccccc2)n1. The molecular formula is C14H13ClN2O. The second-order valence-electron chi connectivity index (χ2n) is 3.93. The summed E-state index contributed by atoms with van der Waals surface area (Å²) in [5.41, 5.74) is 1.61. The number of pyridine rings is 1. The van der Waals surface area contributed by atoms with Crippen LogP contribution in [0.3, 0.4) is 0 Å². The number of halogens is 1. The van der Waals surface area contributed by atoms with Crippen LogP contribution >= 0.6 is 11.6 Å². The third-order valence-electron chi connectivity index (χ3n) is 2.46. The predicted molar refractivity (Wildman–Crippen MR) is 72.6 cm³/mol. The minimum atomic E-state index is -0.714. The Morgan fingerprint density at radius 1 is 1.17 bits per heavy atom. The normalized spacial score (nSPS) is 11.9. The highest BCUT2D eigenvalue weighted by Crippen LogP contribution is 2.21. The van der Waals surface area contributed by atoms with Crippen LogP contribution in [0, 0.1) is 6.92 Å². The first-order chi connectivity index (χ1) is 8.66. The van der Waals surface area contributed by atoms with E-state index in [9.17, 15) is 4.79 Å². The van der Waals surface area contributed by atoms with Gasteiger partial charge in [0.1, 0.15) is 11.2 Å². The van der Waals surface area contributed by atoms with E-state index < -0.39 is 5.38 Å². The summed E-state index contributed by atoms with van der Waals surface area (Å²) in [7, 11) is 0. The van der Waals surface area contributed by atoms with E-state index in [1.165, 1.54) is 0 Å². The van der Waals surface area contributed by atoms with Gasteiger partial charge in [0, 0.05) is 5.69 Å². The number of amides is 1. The number of benzene rings is 1. The first-order valence-corrected chi connectivity index (χ1v) is 6.04. The van der Waals surface area contributed by atoms with E-state index in [4.69, 9.17) is 11.6 Å². The maximum Gasteiger partial charge on any atom is 0.248 e. The van der Waals surface area contributed by atoms with E-state index in [2.05, 4.69) is 10.3 Å². The Kier molecular flexibility index (Phi) is 3.95. The zero-order valence-corrected chi connectivity index (χ0v) is 10.7. The van der Waals surface area contributed by atoms with Crippen molar-refractivity contribution in [3.05, 3.63) is 59.8 Å². The lowest BCUT2D eigenvalue weighted by Crippen LogP contribution is -2.18. The molecule has 0 aliphatic carbocycles. The highest BCUT2D eigenvalue weighted by Gasteiger charge is 2.17. The van der Waals surface area contributed by atoms with Crippen molar-refractivity contribution in [3.63, 3.8) is 0 Å². The molecule has 0 aliphatic rings. The molecule has 1 amide bonds. The molecule has 0 aliphatic heterocycles. The monoisotopic (exact) mass is 260 g/mol. The first kappa shape index (κ1) is 12.6. The summed E-state index contributed by atoms with van der Waals surface area (Å²) in [6, 6.07) is 14.7. The molecule has 1 aromatic heterocycles. The summed E-state index contributed by atoms with van der Waals surface area (Å²) in [6.07, 6.45) is 0. The molecule has 0 saturated heterocycles. The van der Waals surface area contributed by atoms with Gasteiger partial charge in [-0.05, 0) is 24.6 Å². The highest BCUT2D eigenvalue weighted by molar-refractivity contribution is 6.32. The first-order valence-electron chi connectivity index (χ1n) is 5.60. The number of hydrogen-bond acceptors (Lipinski definition) is 2. The standard InChI is InChI=1S/C14H13ClN2O/c1-10-6-5-9-12(16-10)17-14(18)13(15)11-7-3-2-4-8-11/h2-9,13H,1H3,(H,16,17,18). The molecule has 1 heterocycles. The van der Waals surface area contributed by atoms with Gasteiger partial charge in [-0.2, -0.15) is 0 Å². The summed E-state index contributed by atoms with van der Waals surface area (Å²) in [6.45, 7) is 1.87. The van der Waals surface area contributed by atoms with Crippen molar-refractivity contribution >= 4 is 23.3 Å². The number of anilines is 1. The molecule has 0 bridgehead atoms. The second kappa shape index (κ2) is 5.65. The number of nitrogens with one attached hydrogen (secondary N) is 1. The van der Waals surface area contributed by atoms with E-state index in [1.807, 2.05) is 49.4 Å². The molecule has 0 spiro atoms. The molecule has 0 saturated carbocycles. The molecule has 0 radical (unpaired) electrons. The lowest BCUT2D eigenvalue weighted by molar-refractivity contribution is -0.116. The van der Waals surface area contributed by atoms with Gasteiger partial charge in [0.05, 0.1) is 0 Å². The fourth-order valence-electron chi connectivity index (χ4n) is 1.58. The Bertz CT molecular complexity index is 543. The quantitative estimate of drug-likeness (QED) is 0.861. The van der Waals surface area contributed by atoms with Crippen LogP contribution < -0.4 is 5.32 Å². The Labute approximate surface area is 111 Å². The van der Waals surface area contributed by atoms with Gasteiger partial charge in [-0.1, -0.05) is 36.4 Å². The van der Waals surface area contributed by atoms with Gasteiger partial charge >= 0.3 is 0 Å². The minimum Gasteiger partial charge on any atom is -0.309 e. The number of aryl methyl sites for hydroxylation is 1. The maximum atomic E-state index is 11.9. The molecule has 1 aromatic carbocycles. The van der Waals surface area contributed by atoms with Crippen LogP contribution in [-0.4, -0.2) is 10.9 Å². The van der Waals surface area contributed by atoms with E-state index in [1.54, 1.807) is 6.07 Å². The molecule has 1 atom stereocenters. The van der Waals surface area contributed by atoms with E-state index in [0.717, 1.165) is 11.3 Å². The van der Waals surface area contributed by atoms with Crippen LogP contribution in [0.4, 0.5) is 5.82 Å². The van der Waals surface area contributed by atoms with Gasteiger partial charge < -0.3 is 5.32 Å². The maximum absolute atomic E-state index is 11.9. The van der Waals surface area contributed by atoms with Crippen LogP contribution in [-0.2, 0) is 4.79 Å². The predicted octanol–water partition coefficient (Wildman–Crippen LogP) is 3.31. The van der Waals surface area contributed by atoms with Crippen LogP contribution in [0.1, 0.15) is 16.6 Å². The fraction of sp³-hybridized carbons (Fsp3) is 0.143. The second-order valence-corrected chi connectivity index (χ2v) is 4.36. The summed E-state index contributed by atoms with van der Waals surface area (Å²) in [5.74, 6) is 0.238. The average Bonchev–Trinajstić information content (AvgIpc) is 2.39. The number of hydrogen-bond donors (Lipinski definition) is 1. The summed E-state index contributed by atoms with van der Waals surface area (Å²) >= 11 is 6.11. The van der Waals surface area contributed by atoms with Crippen LogP contribution in [0.2, 0.25) is 0 Å². The summed E-state index contributed by atoms with van der Waals surface area (Å²) in [4.78, 5) is 16.1. The zero-order chi connectivity index (χ0) is 13.0. The molecular weight excluding hydrogens is 248 g/mol. The van der Waals surface area contributed by atoms with Crippen molar-refractivity contribution in [2.75, 3.05) is 5.32 Å². The molecule has 1 N–H and O–H groups in total. The largest absolute Gasteiger partial charge is 0.309 e. The third-order valence-corrected chi connectivity index (χ3v) is 2.91. The van der Waals surface area contributed by atoms with Crippen molar-refractivity contribution in [1.29, 1.82) is 0 Å². The topological polar surface area (TPSA) is 42.0 Å². The average molecular weight is 261 g/mol. The zero-order valence-electron chi connectivity index (χ0n) is 9.93. The number of rotatable bonds is 3. The Balaban J connectivity index is 2.09. The Morgan fingerprint density at radius 2 is 1.89 bits per heavy atom. The molecule has 2 rings (SSSR count). The molecule has 0 fully saturated rings. The van der Waals surface area contributed by atoms with Crippen molar-refractivity contribution in [2.45, 2.75) is 12.3 Å². The van der Waals surface area contributed by atoms with Crippen LogP contribution in [0.5, 0.6) is 0 Å². The van der Waals surface area contributed by atoms with Crippen LogP contribution in [0.15, 0.2) is 48.5 Å². The number of carbonyl (C=O) groups excluding carboxylic acids is 1. The number of aromatic nitrogens is 1. The summed E-state index contributed by atoms with van der Waals surface area (Å²) < 4.78 is 0. The molecule has 92 valence electrons. The van der Waals surface area contributed by atoms with Gasteiger partial charge in [-0.15, -0.1) is 11.6 Å². The van der Waals surface area contributed by atoms with Gasteiger partial charge in [0.15, 0.2) is 0 Å². The smallest absolute Gasteiger partial charge is 0.248 e. The van der Waals surface area contributed by atoms with Gasteiger partial charge in [-0.25, -0.2) is 4.98 Å². The lowest BCUT2D eigenvalue weighted by Gasteiger charge is -2.10. The third kappa shape index (κ3) is 3.08. The number of carbonyl (C=O) groups is 1. The van der Waals surface area contributed by atoms with Gasteiger partial charge in [-0.3, -0.25) is 4.79 Å². The molecule has 1 unspecified atom stereocenters. The Morgan fingerprint density at radius 3 is 2.56 bits per heavy atom. The molecule has 3 nitrogen and oxygen atoms in total. The lowest BCUT2D eigenvalue weighted by atomic mass is 10.1. The van der Waals surface area contributed by atoms with Crippen molar-refractivity contribution in [2.24, 2.45) is 0 Å². The molecule has 4 heteroatoms. The van der Waals surface area contributed by atoms with Gasteiger partial charge in [0.25, 0.3) is 0 Å². The van der Waals surface area contributed by atoms with Crippen LogP contribution in [0.25, 0.3) is 0 Å². The van der Waals surface area contributed by atoms with E-state index in [0.29, 0.717) is 5.82 Å². The Hall–Kier alpha value is -1.87.